The van der Waals surface area contributed by atoms with Crippen LogP contribution in [0.4, 0.5) is 17.6 Å². The minimum absolute atomic E-state index is 0.471. The summed E-state index contributed by atoms with van der Waals surface area (Å²) in [5, 5.41) is 0. The van der Waals surface area contributed by atoms with Gasteiger partial charge in [-0.1, -0.05) is 0 Å². The average Bonchev–Trinajstić information content (AvgIpc) is 1.21. The Balaban J connectivity index is 3.39. The highest BCUT2D eigenvalue weighted by molar-refractivity contribution is 4.58. The first kappa shape index (κ1) is 7.72. The fourth-order valence-electron chi connectivity index (χ4n) is 0.271. The zero-order chi connectivity index (χ0) is 6.78. The summed E-state index contributed by atoms with van der Waals surface area (Å²) in [5.74, 6) is -3.23. The molecule has 0 fully saturated rings. The van der Waals surface area contributed by atoms with E-state index in [2.05, 4.69) is 0 Å². The van der Waals surface area contributed by atoms with Crippen LogP contribution in [0.15, 0.2) is 0 Å². The van der Waals surface area contributed by atoms with Crippen LogP contribution in [-0.4, -0.2) is 12.3 Å². The molecule has 0 atom stereocenters. The molecule has 8 heavy (non-hydrogen) atoms. The Labute approximate surface area is 44.5 Å². The standard InChI is InChI=1S/C4H6F4/c1-4(7,8)2-3(5)6/h3H,2H2,1H3. The molecule has 0 rings (SSSR count). The van der Waals surface area contributed by atoms with E-state index in [1.165, 1.54) is 0 Å². The molecule has 0 aromatic rings. The first-order valence-corrected chi connectivity index (χ1v) is 2.08. The maximum absolute atomic E-state index is 11.5. The molecule has 0 nitrogen and oxygen atoms in total. The summed E-state index contributed by atoms with van der Waals surface area (Å²) >= 11 is 0. The Morgan fingerprint density at radius 3 is 1.75 bits per heavy atom. The van der Waals surface area contributed by atoms with Crippen molar-refractivity contribution >= 4 is 0 Å². The maximum Gasteiger partial charge on any atom is 0.250 e. The highest BCUT2D eigenvalue weighted by atomic mass is 19.3. The maximum atomic E-state index is 11.5. The van der Waals surface area contributed by atoms with Gasteiger partial charge in [0.05, 0.1) is 6.42 Å². The molecule has 0 aliphatic rings. The summed E-state index contributed by atoms with van der Waals surface area (Å²) in [4.78, 5) is 0. The van der Waals surface area contributed by atoms with E-state index >= 15 is 0 Å². The van der Waals surface area contributed by atoms with Crippen LogP contribution in [0.5, 0.6) is 0 Å². The average molecular weight is 130 g/mol. The van der Waals surface area contributed by atoms with Crippen LogP contribution in [0.25, 0.3) is 0 Å². The van der Waals surface area contributed by atoms with Gasteiger partial charge in [-0.15, -0.1) is 0 Å². The van der Waals surface area contributed by atoms with E-state index in [4.69, 9.17) is 0 Å². The van der Waals surface area contributed by atoms with Gasteiger partial charge in [-0.2, -0.15) is 0 Å². The highest BCUT2D eigenvalue weighted by Crippen LogP contribution is 2.20. The van der Waals surface area contributed by atoms with Crippen LogP contribution < -0.4 is 0 Å². The predicted octanol–water partition coefficient (Wildman–Crippen LogP) is 2.30. The van der Waals surface area contributed by atoms with Crippen molar-refractivity contribution < 1.29 is 17.6 Å². The summed E-state index contributed by atoms with van der Waals surface area (Å²) in [5.41, 5.74) is 0. The summed E-state index contributed by atoms with van der Waals surface area (Å²) in [6.07, 6.45) is -4.25. The van der Waals surface area contributed by atoms with Gasteiger partial charge >= 0.3 is 0 Å². The van der Waals surface area contributed by atoms with Crippen LogP contribution >= 0.6 is 0 Å². The van der Waals surface area contributed by atoms with Gasteiger partial charge in [0.25, 0.3) is 5.92 Å². The molecule has 0 saturated carbocycles. The summed E-state index contributed by atoms with van der Waals surface area (Å²) in [6.45, 7) is 0.471. The number of hydrogen-bond acceptors (Lipinski definition) is 0. The molecule has 0 radical (unpaired) electrons. The quantitative estimate of drug-likeness (QED) is 0.503. The Morgan fingerprint density at radius 1 is 1.38 bits per heavy atom. The van der Waals surface area contributed by atoms with E-state index in [9.17, 15) is 17.6 Å². The van der Waals surface area contributed by atoms with Crippen LogP contribution in [0.3, 0.4) is 0 Å². The van der Waals surface area contributed by atoms with Crippen molar-refractivity contribution in [1.29, 1.82) is 0 Å². The van der Waals surface area contributed by atoms with Gasteiger partial charge in [-0.05, 0) is 6.92 Å². The molecule has 0 N–H and O–H groups in total. The van der Waals surface area contributed by atoms with Gasteiger partial charge in [-0.25, -0.2) is 17.6 Å². The zero-order valence-corrected chi connectivity index (χ0v) is 4.30. The number of alkyl halides is 4. The Hall–Kier alpha value is -0.280. The third kappa shape index (κ3) is 5.72. The second-order valence-electron chi connectivity index (χ2n) is 1.67. The molecule has 0 bridgehead atoms. The first-order valence-electron chi connectivity index (χ1n) is 2.08. The van der Waals surface area contributed by atoms with Crippen molar-refractivity contribution in [1.82, 2.24) is 0 Å². The van der Waals surface area contributed by atoms with Crippen molar-refractivity contribution in [3.63, 3.8) is 0 Å². The number of hydrogen-bond donors (Lipinski definition) is 0. The van der Waals surface area contributed by atoms with Crippen molar-refractivity contribution in [2.24, 2.45) is 0 Å². The first-order chi connectivity index (χ1) is 3.42. The fraction of sp³-hybridized carbons (Fsp3) is 1.00. The highest BCUT2D eigenvalue weighted by Gasteiger charge is 2.26. The third-order valence-corrected chi connectivity index (χ3v) is 0.513. The second kappa shape index (κ2) is 2.33. The van der Waals surface area contributed by atoms with E-state index in [0.29, 0.717) is 6.92 Å². The SMILES string of the molecule is CC(F)(F)CC(F)F. The lowest BCUT2D eigenvalue weighted by atomic mass is 10.3. The fourth-order valence-corrected chi connectivity index (χ4v) is 0.271. The molecular formula is C4H6F4. The second-order valence-corrected chi connectivity index (χ2v) is 1.67. The van der Waals surface area contributed by atoms with Gasteiger partial charge in [0, 0.05) is 0 Å². The minimum atomic E-state index is -3.23. The molecule has 0 heterocycles. The summed E-state index contributed by atoms with van der Waals surface area (Å²) in [7, 11) is 0. The lowest BCUT2D eigenvalue weighted by molar-refractivity contribution is -0.0381. The van der Waals surface area contributed by atoms with Crippen LogP contribution in [0, 0.1) is 0 Å². The van der Waals surface area contributed by atoms with Crippen molar-refractivity contribution in [2.45, 2.75) is 25.7 Å². The van der Waals surface area contributed by atoms with E-state index < -0.39 is 18.8 Å². The molecule has 0 aliphatic heterocycles. The molecule has 50 valence electrons. The lowest BCUT2D eigenvalue weighted by Gasteiger charge is -2.06. The smallest absolute Gasteiger partial charge is 0.210 e. The molecular weight excluding hydrogens is 124 g/mol. The lowest BCUT2D eigenvalue weighted by Crippen LogP contribution is -2.13. The molecule has 0 saturated heterocycles. The summed E-state index contributed by atoms with van der Waals surface area (Å²) in [6, 6.07) is 0. The topological polar surface area (TPSA) is 0 Å². The Kier molecular flexibility index (Phi) is 2.25. The van der Waals surface area contributed by atoms with Crippen molar-refractivity contribution in [3.05, 3.63) is 0 Å². The van der Waals surface area contributed by atoms with E-state index in [0.717, 1.165) is 0 Å². The van der Waals surface area contributed by atoms with Crippen molar-refractivity contribution in [2.75, 3.05) is 0 Å². The number of rotatable bonds is 2. The predicted molar refractivity (Wildman–Crippen MR) is 21.2 cm³/mol. The minimum Gasteiger partial charge on any atom is -0.210 e. The van der Waals surface area contributed by atoms with Gasteiger partial charge in [0.2, 0.25) is 6.43 Å². The molecule has 0 aromatic carbocycles. The zero-order valence-electron chi connectivity index (χ0n) is 4.30. The van der Waals surface area contributed by atoms with Gasteiger partial charge in [-0.3, -0.25) is 0 Å². The van der Waals surface area contributed by atoms with Gasteiger partial charge in [0.1, 0.15) is 0 Å². The molecule has 4 heteroatoms. The molecule has 0 aromatic heterocycles. The van der Waals surface area contributed by atoms with Crippen LogP contribution in [-0.2, 0) is 0 Å². The van der Waals surface area contributed by atoms with Gasteiger partial charge < -0.3 is 0 Å². The van der Waals surface area contributed by atoms with Crippen molar-refractivity contribution in [3.8, 4) is 0 Å². The third-order valence-electron chi connectivity index (χ3n) is 0.513. The molecule has 0 aliphatic carbocycles. The Morgan fingerprint density at radius 2 is 1.75 bits per heavy atom. The van der Waals surface area contributed by atoms with Crippen LogP contribution in [0.1, 0.15) is 13.3 Å². The van der Waals surface area contributed by atoms with E-state index in [-0.39, 0.29) is 0 Å². The number of halogens is 4. The van der Waals surface area contributed by atoms with Gasteiger partial charge in [0.15, 0.2) is 0 Å². The molecule has 0 spiro atoms. The largest absolute Gasteiger partial charge is 0.250 e. The molecule has 0 unspecified atom stereocenters. The normalized spacial score (nSPS) is 12.8. The van der Waals surface area contributed by atoms with E-state index in [1.54, 1.807) is 0 Å². The summed E-state index contributed by atoms with van der Waals surface area (Å²) < 4.78 is 45.1. The Bertz CT molecular complexity index is 62.9. The monoisotopic (exact) mass is 130 g/mol. The molecule has 0 amide bonds. The van der Waals surface area contributed by atoms with Crippen LogP contribution in [0.2, 0.25) is 0 Å². The van der Waals surface area contributed by atoms with E-state index in [1.807, 2.05) is 0 Å².